The van der Waals surface area contributed by atoms with Gasteiger partial charge in [0.05, 0.1) is 0 Å². The van der Waals surface area contributed by atoms with Crippen LogP contribution in [0.1, 0.15) is 11.1 Å². The van der Waals surface area contributed by atoms with Crippen LogP contribution < -0.4 is 20.0 Å². The lowest BCUT2D eigenvalue weighted by Gasteiger charge is -2.36. The number of rotatable bonds is 5. The summed E-state index contributed by atoms with van der Waals surface area (Å²) < 4.78 is 0. The molecular weight excluding hydrogens is 408 g/mol. The van der Waals surface area contributed by atoms with Crippen molar-refractivity contribution in [2.75, 3.05) is 60.3 Å². The van der Waals surface area contributed by atoms with Crippen LogP contribution in [0.3, 0.4) is 0 Å². The third-order valence-electron chi connectivity index (χ3n) is 5.69. The van der Waals surface area contributed by atoms with E-state index in [4.69, 9.17) is 21.6 Å². The summed E-state index contributed by atoms with van der Waals surface area (Å²) >= 11 is 6.03. The fourth-order valence-corrected chi connectivity index (χ4v) is 3.77. The second-order valence-corrected chi connectivity index (χ2v) is 8.62. The fraction of sp³-hybridized carbons (Fsp3) is 0.333. The van der Waals surface area contributed by atoms with Gasteiger partial charge in [-0.3, -0.25) is 0 Å². The average molecular weight is 437 g/mol. The lowest BCUT2D eigenvalue weighted by atomic mass is 10.1. The van der Waals surface area contributed by atoms with Gasteiger partial charge in [0.15, 0.2) is 0 Å². The molecule has 1 N–H and O–H groups in total. The van der Waals surface area contributed by atoms with Gasteiger partial charge in [-0.2, -0.15) is 9.97 Å². The number of nitrogens with one attached hydrogen (secondary N) is 1. The maximum atomic E-state index is 6.03. The summed E-state index contributed by atoms with van der Waals surface area (Å²) in [5.41, 5.74) is 4.76. The Morgan fingerprint density at radius 3 is 2.16 bits per heavy atom. The summed E-state index contributed by atoms with van der Waals surface area (Å²) in [4.78, 5) is 16.3. The standard InChI is InChI=1S/C24H29ClN6/c1-17-5-8-20(15-18(17)2)26-22-16-23(29(3)4)28-24(27-22)31-13-11-30(12-14-31)21-9-6-19(25)7-10-21/h5-10,15-16H,11-14H2,1-4H3,(H,26,27,28). The first-order chi connectivity index (χ1) is 14.9. The smallest absolute Gasteiger partial charge is 0.229 e. The first-order valence-electron chi connectivity index (χ1n) is 10.6. The van der Waals surface area contributed by atoms with Crippen LogP contribution in [-0.4, -0.2) is 50.2 Å². The molecule has 4 rings (SSSR count). The number of hydrogen-bond donors (Lipinski definition) is 1. The molecule has 1 fully saturated rings. The molecule has 0 spiro atoms. The Balaban J connectivity index is 1.52. The molecule has 1 aromatic heterocycles. The number of hydrogen-bond acceptors (Lipinski definition) is 6. The van der Waals surface area contributed by atoms with Crippen LogP contribution in [0.15, 0.2) is 48.5 Å². The van der Waals surface area contributed by atoms with Crippen molar-refractivity contribution in [2.24, 2.45) is 0 Å². The van der Waals surface area contributed by atoms with Gasteiger partial charge in [0.25, 0.3) is 0 Å². The number of benzene rings is 2. The molecule has 0 unspecified atom stereocenters. The van der Waals surface area contributed by atoms with Crippen molar-refractivity contribution in [3.8, 4) is 0 Å². The lowest BCUT2D eigenvalue weighted by Crippen LogP contribution is -2.47. The molecule has 0 amide bonds. The molecule has 7 heteroatoms. The van der Waals surface area contributed by atoms with Crippen molar-refractivity contribution in [2.45, 2.75) is 13.8 Å². The molecule has 0 atom stereocenters. The van der Waals surface area contributed by atoms with Gasteiger partial charge in [-0.25, -0.2) is 0 Å². The normalized spacial score (nSPS) is 14.0. The van der Waals surface area contributed by atoms with Gasteiger partial charge in [-0.05, 0) is 61.4 Å². The monoisotopic (exact) mass is 436 g/mol. The molecule has 162 valence electrons. The lowest BCUT2D eigenvalue weighted by molar-refractivity contribution is 0.640. The Morgan fingerprint density at radius 1 is 0.839 bits per heavy atom. The molecule has 0 saturated carbocycles. The van der Waals surface area contributed by atoms with Crippen LogP contribution >= 0.6 is 11.6 Å². The Labute approximate surface area is 189 Å². The predicted octanol–water partition coefficient (Wildman–Crippen LogP) is 4.88. The van der Waals surface area contributed by atoms with Crippen molar-refractivity contribution < 1.29 is 0 Å². The van der Waals surface area contributed by atoms with Crippen LogP contribution in [0.2, 0.25) is 5.02 Å². The van der Waals surface area contributed by atoms with Crippen molar-refractivity contribution in [1.29, 1.82) is 0 Å². The Bertz CT molecular complexity index is 1040. The zero-order valence-corrected chi connectivity index (χ0v) is 19.3. The van der Waals surface area contributed by atoms with Crippen molar-refractivity contribution >= 4 is 40.6 Å². The van der Waals surface area contributed by atoms with Gasteiger partial charge in [0, 0.05) is 62.7 Å². The van der Waals surface area contributed by atoms with Crippen LogP contribution in [-0.2, 0) is 0 Å². The molecule has 3 aromatic rings. The molecule has 0 radical (unpaired) electrons. The molecular formula is C24H29ClN6. The number of aryl methyl sites for hydroxylation is 2. The van der Waals surface area contributed by atoms with E-state index in [0.717, 1.165) is 54.5 Å². The van der Waals surface area contributed by atoms with Gasteiger partial charge in [-0.15, -0.1) is 0 Å². The zero-order chi connectivity index (χ0) is 22.0. The molecule has 2 aromatic carbocycles. The van der Waals surface area contributed by atoms with Gasteiger partial charge in [-0.1, -0.05) is 17.7 Å². The van der Waals surface area contributed by atoms with Gasteiger partial charge in [0.1, 0.15) is 11.6 Å². The molecule has 1 aliphatic heterocycles. The first kappa shape index (κ1) is 21.2. The van der Waals surface area contributed by atoms with Gasteiger partial charge in [0.2, 0.25) is 5.95 Å². The number of anilines is 5. The molecule has 2 heterocycles. The van der Waals surface area contributed by atoms with Crippen molar-refractivity contribution in [3.63, 3.8) is 0 Å². The number of piperazine rings is 1. The maximum absolute atomic E-state index is 6.03. The highest BCUT2D eigenvalue weighted by atomic mass is 35.5. The molecule has 0 aliphatic carbocycles. The van der Waals surface area contributed by atoms with E-state index in [1.54, 1.807) is 0 Å². The third kappa shape index (κ3) is 5.02. The quantitative estimate of drug-likeness (QED) is 0.614. The fourth-order valence-electron chi connectivity index (χ4n) is 3.64. The van der Waals surface area contributed by atoms with E-state index in [1.165, 1.54) is 16.8 Å². The summed E-state index contributed by atoms with van der Waals surface area (Å²) in [6.07, 6.45) is 0. The van der Waals surface area contributed by atoms with E-state index in [-0.39, 0.29) is 0 Å². The second kappa shape index (κ2) is 9.02. The average Bonchev–Trinajstić information content (AvgIpc) is 2.77. The molecule has 1 saturated heterocycles. The van der Waals surface area contributed by atoms with Crippen LogP contribution in [0.4, 0.5) is 29.0 Å². The minimum absolute atomic E-state index is 0.758. The number of nitrogens with zero attached hydrogens (tertiary/aromatic N) is 5. The molecule has 0 bridgehead atoms. The third-order valence-corrected chi connectivity index (χ3v) is 5.94. The van der Waals surface area contributed by atoms with E-state index in [9.17, 15) is 0 Å². The van der Waals surface area contributed by atoms with E-state index in [0.29, 0.717) is 0 Å². The molecule has 6 nitrogen and oxygen atoms in total. The zero-order valence-electron chi connectivity index (χ0n) is 18.6. The Morgan fingerprint density at radius 2 is 1.52 bits per heavy atom. The second-order valence-electron chi connectivity index (χ2n) is 8.18. The highest BCUT2D eigenvalue weighted by Gasteiger charge is 2.21. The SMILES string of the molecule is Cc1ccc(Nc2cc(N(C)C)nc(N3CCN(c4ccc(Cl)cc4)CC3)n2)cc1C. The number of halogens is 1. The maximum Gasteiger partial charge on any atom is 0.229 e. The van der Waals surface area contributed by atoms with Crippen LogP contribution in [0, 0.1) is 13.8 Å². The van der Waals surface area contributed by atoms with Gasteiger partial charge < -0.3 is 20.0 Å². The summed E-state index contributed by atoms with van der Waals surface area (Å²) in [5.74, 6) is 2.45. The Hall–Kier alpha value is -2.99. The minimum Gasteiger partial charge on any atom is -0.368 e. The molecule has 31 heavy (non-hydrogen) atoms. The van der Waals surface area contributed by atoms with Gasteiger partial charge >= 0.3 is 0 Å². The van der Waals surface area contributed by atoms with Crippen LogP contribution in [0.25, 0.3) is 0 Å². The van der Waals surface area contributed by atoms with Crippen molar-refractivity contribution in [3.05, 3.63) is 64.7 Å². The van der Waals surface area contributed by atoms with E-state index in [2.05, 4.69) is 59.3 Å². The van der Waals surface area contributed by atoms with E-state index >= 15 is 0 Å². The summed E-state index contributed by atoms with van der Waals surface area (Å²) in [5, 5.41) is 4.22. The largest absolute Gasteiger partial charge is 0.368 e. The molecule has 1 aliphatic rings. The predicted molar refractivity (Wildman–Crippen MR) is 131 cm³/mol. The minimum atomic E-state index is 0.758. The summed E-state index contributed by atoms with van der Waals surface area (Å²) in [6, 6.07) is 16.4. The first-order valence-corrected chi connectivity index (χ1v) is 10.9. The van der Waals surface area contributed by atoms with E-state index < -0.39 is 0 Å². The highest BCUT2D eigenvalue weighted by molar-refractivity contribution is 6.30. The Kier molecular flexibility index (Phi) is 6.18. The summed E-state index contributed by atoms with van der Waals surface area (Å²) in [7, 11) is 4.01. The summed E-state index contributed by atoms with van der Waals surface area (Å²) in [6.45, 7) is 7.80. The highest BCUT2D eigenvalue weighted by Crippen LogP contribution is 2.25. The van der Waals surface area contributed by atoms with E-state index in [1.807, 2.05) is 37.2 Å². The van der Waals surface area contributed by atoms with Crippen LogP contribution in [0.5, 0.6) is 0 Å². The number of aromatic nitrogens is 2. The van der Waals surface area contributed by atoms with Crippen molar-refractivity contribution in [1.82, 2.24) is 9.97 Å². The topological polar surface area (TPSA) is 47.5 Å².